The van der Waals surface area contributed by atoms with Gasteiger partial charge in [-0.25, -0.2) is 0 Å². The van der Waals surface area contributed by atoms with Crippen LogP contribution in [0.1, 0.15) is 12.8 Å². The van der Waals surface area contributed by atoms with Gasteiger partial charge in [0.1, 0.15) is 0 Å². The molecule has 0 aliphatic carbocycles. The van der Waals surface area contributed by atoms with Gasteiger partial charge in [-0.1, -0.05) is 0 Å². The minimum absolute atomic E-state index is 0.00301. The number of hydrogen-bond donors (Lipinski definition) is 2. The molecule has 18 heavy (non-hydrogen) atoms. The lowest BCUT2D eigenvalue weighted by molar-refractivity contribution is -0.137. The molecule has 6 heteroatoms. The van der Waals surface area contributed by atoms with Crippen molar-refractivity contribution in [3.05, 3.63) is 0 Å². The maximum absolute atomic E-state index is 12.3. The fraction of sp³-hybridized carbons (Fsp3) is 0.833. The first-order valence-corrected chi connectivity index (χ1v) is 6.37. The van der Waals surface area contributed by atoms with Crippen molar-refractivity contribution in [1.29, 1.82) is 0 Å². The summed E-state index contributed by atoms with van der Waals surface area (Å²) in [7, 11) is 3.90. The summed E-state index contributed by atoms with van der Waals surface area (Å²) in [6, 6.07) is 0.0539. The molecule has 2 aliphatic heterocycles. The second-order valence-electron chi connectivity index (χ2n) is 5.50. The monoisotopic (exact) mass is 255 g/mol. The van der Waals surface area contributed by atoms with Crippen LogP contribution in [-0.4, -0.2) is 72.6 Å². The van der Waals surface area contributed by atoms with Crippen LogP contribution in [0.15, 0.2) is 0 Å². The van der Waals surface area contributed by atoms with Gasteiger partial charge in [-0.05, 0) is 20.5 Å². The number of amides is 2. The van der Waals surface area contributed by atoms with Gasteiger partial charge in [0.15, 0.2) is 0 Å². The Morgan fingerprint density at radius 3 is 2.83 bits per heavy atom. The Morgan fingerprint density at radius 2 is 2.28 bits per heavy atom. The maximum atomic E-state index is 12.3. The molecule has 2 rings (SSSR count). The molecule has 2 fully saturated rings. The van der Waals surface area contributed by atoms with E-state index in [9.17, 15) is 14.7 Å². The molecule has 3 atom stereocenters. The summed E-state index contributed by atoms with van der Waals surface area (Å²) < 4.78 is 0. The van der Waals surface area contributed by atoms with Crippen LogP contribution >= 0.6 is 0 Å². The first-order valence-electron chi connectivity index (χ1n) is 6.37. The SMILES string of the molecule is CN(C)CC1CC(O)CN1C(=O)C1CNC(=O)C1. The zero-order valence-electron chi connectivity index (χ0n) is 10.9. The van der Waals surface area contributed by atoms with Crippen LogP contribution in [0.3, 0.4) is 0 Å². The maximum Gasteiger partial charge on any atom is 0.228 e. The van der Waals surface area contributed by atoms with Gasteiger partial charge in [0.2, 0.25) is 11.8 Å². The minimum atomic E-state index is -0.441. The van der Waals surface area contributed by atoms with Crippen LogP contribution in [0, 0.1) is 5.92 Å². The second-order valence-corrected chi connectivity index (χ2v) is 5.50. The predicted octanol–water partition coefficient (Wildman–Crippen LogP) is -1.35. The standard InChI is InChI=1S/C12H21N3O3/c1-14(2)6-9-4-10(16)7-15(9)12(18)8-3-11(17)13-5-8/h8-10,16H,3-7H2,1-2H3,(H,13,17). The third kappa shape index (κ3) is 2.81. The topological polar surface area (TPSA) is 72.9 Å². The molecule has 0 spiro atoms. The average Bonchev–Trinajstić information content (AvgIpc) is 2.83. The van der Waals surface area contributed by atoms with E-state index in [1.165, 1.54) is 0 Å². The molecular weight excluding hydrogens is 234 g/mol. The molecule has 0 saturated carbocycles. The Hall–Kier alpha value is -1.14. The average molecular weight is 255 g/mol. The molecule has 6 nitrogen and oxygen atoms in total. The van der Waals surface area contributed by atoms with E-state index in [-0.39, 0.29) is 30.2 Å². The smallest absolute Gasteiger partial charge is 0.228 e. The number of nitrogens with one attached hydrogen (secondary N) is 1. The third-order valence-corrected chi connectivity index (χ3v) is 3.58. The van der Waals surface area contributed by atoms with Gasteiger partial charge in [-0.2, -0.15) is 0 Å². The number of nitrogens with zero attached hydrogens (tertiary/aromatic N) is 2. The van der Waals surface area contributed by atoms with Crippen molar-refractivity contribution >= 4 is 11.8 Å². The van der Waals surface area contributed by atoms with Crippen LogP contribution in [0.25, 0.3) is 0 Å². The highest BCUT2D eigenvalue weighted by Gasteiger charge is 2.39. The molecule has 0 radical (unpaired) electrons. The zero-order valence-corrected chi connectivity index (χ0v) is 10.9. The normalized spacial score (nSPS) is 32.1. The molecule has 2 heterocycles. The van der Waals surface area contributed by atoms with Gasteiger partial charge in [0.25, 0.3) is 0 Å². The molecule has 2 amide bonds. The largest absolute Gasteiger partial charge is 0.391 e. The molecule has 2 N–H and O–H groups in total. The fourth-order valence-corrected chi connectivity index (χ4v) is 2.77. The van der Waals surface area contributed by atoms with Crippen molar-refractivity contribution in [1.82, 2.24) is 15.1 Å². The van der Waals surface area contributed by atoms with E-state index in [4.69, 9.17) is 0 Å². The Balaban J connectivity index is 2.01. The number of carbonyl (C=O) groups excluding carboxylic acids is 2. The first-order chi connectivity index (χ1) is 8.47. The number of likely N-dealkylation sites (tertiary alicyclic amines) is 1. The van der Waals surface area contributed by atoms with Crippen molar-refractivity contribution in [3.63, 3.8) is 0 Å². The van der Waals surface area contributed by atoms with Crippen molar-refractivity contribution in [2.75, 3.05) is 33.7 Å². The van der Waals surface area contributed by atoms with Crippen LogP contribution < -0.4 is 5.32 Å². The van der Waals surface area contributed by atoms with E-state index < -0.39 is 6.10 Å². The molecule has 2 saturated heterocycles. The molecule has 2 aliphatic rings. The van der Waals surface area contributed by atoms with Crippen molar-refractivity contribution in [2.24, 2.45) is 5.92 Å². The Labute approximate surface area is 107 Å². The fourth-order valence-electron chi connectivity index (χ4n) is 2.77. The Kier molecular flexibility index (Phi) is 3.87. The molecule has 3 unspecified atom stereocenters. The summed E-state index contributed by atoms with van der Waals surface area (Å²) in [6.07, 6.45) is 0.460. The van der Waals surface area contributed by atoms with Crippen molar-refractivity contribution in [2.45, 2.75) is 25.0 Å². The van der Waals surface area contributed by atoms with Gasteiger partial charge in [-0.15, -0.1) is 0 Å². The molecular formula is C12H21N3O3. The van der Waals surface area contributed by atoms with E-state index >= 15 is 0 Å². The number of aliphatic hydroxyl groups excluding tert-OH is 1. The highest BCUT2D eigenvalue weighted by Crippen LogP contribution is 2.23. The van der Waals surface area contributed by atoms with E-state index in [0.29, 0.717) is 19.5 Å². The summed E-state index contributed by atoms with van der Waals surface area (Å²) in [5.41, 5.74) is 0. The lowest BCUT2D eigenvalue weighted by Crippen LogP contribution is -2.44. The van der Waals surface area contributed by atoms with Crippen LogP contribution in [0.4, 0.5) is 0 Å². The van der Waals surface area contributed by atoms with Crippen molar-refractivity contribution < 1.29 is 14.7 Å². The summed E-state index contributed by atoms with van der Waals surface area (Å²) in [5.74, 6) is -0.318. The summed E-state index contributed by atoms with van der Waals surface area (Å²) in [5, 5.41) is 12.4. The summed E-state index contributed by atoms with van der Waals surface area (Å²) in [6.45, 7) is 1.57. The van der Waals surface area contributed by atoms with E-state index in [1.54, 1.807) is 4.90 Å². The number of aliphatic hydroxyl groups is 1. The quantitative estimate of drug-likeness (QED) is 0.654. The molecule has 0 aromatic rings. The predicted molar refractivity (Wildman–Crippen MR) is 65.8 cm³/mol. The van der Waals surface area contributed by atoms with E-state index in [2.05, 4.69) is 5.32 Å². The van der Waals surface area contributed by atoms with E-state index in [1.807, 2.05) is 19.0 Å². The number of carbonyl (C=O) groups is 2. The second kappa shape index (κ2) is 5.24. The van der Waals surface area contributed by atoms with Crippen LogP contribution in [-0.2, 0) is 9.59 Å². The summed E-state index contributed by atoms with van der Waals surface area (Å²) >= 11 is 0. The summed E-state index contributed by atoms with van der Waals surface area (Å²) in [4.78, 5) is 27.3. The van der Waals surface area contributed by atoms with Gasteiger partial charge in [0.05, 0.1) is 12.0 Å². The lowest BCUT2D eigenvalue weighted by Gasteiger charge is -2.28. The first kappa shape index (κ1) is 13.3. The van der Waals surface area contributed by atoms with Crippen LogP contribution in [0.5, 0.6) is 0 Å². The number of rotatable bonds is 3. The molecule has 102 valence electrons. The lowest BCUT2D eigenvalue weighted by atomic mass is 10.1. The van der Waals surface area contributed by atoms with E-state index in [0.717, 1.165) is 6.54 Å². The number of likely N-dealkylation sites (N-methyl/N-ethyl adjacent to an activating group) is 1. The highest BCUT2D eigenvalue weighted by atomic mass is 16.3. The van der Waals surface area contributed by atoms with Gasteiger partial charge < -0.3 is 20.2 Å². The highest BCUT2D eigenvalue weighted by molar-refractivity contribution is 5.89. The minimum Gasteiger partial charge on any atom is -0.391 e. The van der Waals surface area contributed by atoms with Crippen LogP contribution in [0.2, 0.25) is 0 Å². The Morgan fingerprint density at radius 1 is 1.56 bits per heavy atom. The molecule has 0 bridgehead atoms. The van der Waals surface area contributed by atoms with Crippen molar-refractivity contribution in [3.8, 4) is 0 Å². The number of β-amino-alcohol motifs (C(OH)–C–C–N with tert-alkyl or cyclic N) is 1. The number of hydrogen-bond acceptors (Lipinski definition) is 4. The molecule has 0 aromatic heterocycles. The Bertz CT molecular complexity index is 345. The zero-order chi connectivity index (χ0) is 13.3. The van der Waals surface area contributed by atoms with Gasteiger partial charge >= 0.3 is 0 Å². The third-order valence-electron chi connectivity index (χ3n) is 3.58. The van der Waals surface area contributed by atoms with Gasteiger partial charge in [0, 0.05) is 32.1 Å². The van der Waals surface area contributed by atoms with Gasteiger partial charge in [-0.3, -0.25) is 9.59 Å². The molecule has 0 aromatic carbocycles.